The zero-order valence-corrected chi connectivity index (χ0v) is 11.7. The van der Waals surface area contributed by atoms with E-state index in [0.717, 1.165) is 51.7 Å². The molecule has 1 aliphatic heterocycles. The molecule has 1 unspecified atom stereocenters. The Balaban J connectivity index is 1.57. The molecule has 1 aliphatic carbocycles. The molecule has 1 atom stereocenters. The van der Waals surface area contributed by atoms with Crippen molar-refractivity contribution in [3.63, 3.8) is 0 Å². The summed E-state index contributed by atoms with van der Waals surface area (Å²) in [5, 5.41) is 7.14. The van der Waals surface area contributed by atoms with E-state index in [4.69, 9.17) is 10.5 Å². The number of anilines is 1. The van der Waals surface area contributed by atoms with E-state index in [1.165, 1.54) is 0 Å². The molecule has 110 valence electrons. The van der Waals surface area contributed by atoms with Gasteiger partial charge in [-0.05, 0) is 25.7 Å². The van der Waals surface area contributed by atoms with Gasteiger partial charge < -0.3 is 15.8 Å². The van der Waals surface area contributed by atoms with E-state index in [-0.39, 0.29) is 12.0 Å². The molecule has 1 saturated carbocycles. The highest BCUT2D eigenvalue weighted by Crippen LogP contribution is 2.28. The number of nitrogens with two attached hydrogens (primary N) is 1. The number of amides is 1. The maximum Gasteiger partial charge on any atom is 0.244 e. The van der Waals surface area contributed by atoms with Crippen molar-refractivity contribution in [3.05, 3.63) is 12.4 Å². The fourth-order valence-electron chi connectivity index (χ4n) is 3.01. The molecule has 20 heavy (non-hydrogen) atoms. The third kappa shape index (κ3) is 2.86. The lowest BCUT2D eigenvalue weighted by molar-refractivity contribution is -0.121. The van der Waals surface area contributed by atoms with Gasteiger partial charge in [-0.3, -0.25) is 9.48 Å². The highest BCUT2D eigenvalue weighted by molar-refractivity contribution is 5.97. The smallest absolute Gasteiger partial charge is 0.244 e. The van der Waals surface area contributed by atoms with Crippen LogP contribution < -0.4 is 11.1 Å². The summed E-state index contributed by atoms with van der Waals surface area (Å²) in [4.78, 5) is 12.2. The van der Waals surface area contributed by atoms with Crippen molar-refractivity contribution >= 4 is 11.6 Å². The molecular formula is C14H22N4O2. The first kappa shape index (κ1) is 13.6. The van der Waals surface area contributed by atoms with Crippen LogP contribution in [0.1, 0.15) is 38.5 Å². The van der Waals surface area contributed by atoms with Crippen LogP contribution in [0.15, 0.2) is 12.4 Å². The lowest BCUT2D eigenvalue weighted by Gasteiger charge is -2.21. The lowest BCUT2D eigenvalue weighted by Crippen LogP contribution is -2.48. The Morgan fingerprint density at radius 3 is 3.00 bits per heavy atom. The summed E-state index contributed by atoms with van der Waals surface area (Å²) >= 11 is 0. The topological polar surface area (TPSA) is 82.2 Å². The van der Waals surface area contributed by atoms with Gasteiger partial charge in [0.1, 0.15) is 0 Å². The van der Waals surface area contributed by atoms with E-state index in [0.29, 0.717) is 5.69 Å². The van der Waals surface area contributed by atoms with Gasteiger partial charge in [0.15, 0.2) is 0 Å². The van der Waals surface area contributed by atoms with Gasteiger partial charge in [-0.25, -0.2) is 0 Å². The van der Waals surface area contributed by atoms with Gasteiger partial charge in [0.25, 0.3) is 0 Å². The second-order valence-corrected chi connectivity index (χ2v) is 5.90. The second kappa shape index (κ2) is 5.54. The predicted molar refractivity (Wildman–Crippen MR) is 75.2 cm³/mol. The Morgan fingerprint density at radius 2 is 2.30 bits per heavy atom. The number of hydrogen-bond acceptors (Lipinski definition) is 4. The van der Waals surface area contributed by atoms with E-state index in [9.17, 15) is 4.79 Å². The van der Waals surface area contributed by atoms with Crippen molar-refractivity contribution in [2.75, 3.05) is 11.9 Å². The molecule has 3 N–H and O–H groups in total. The van der Waals surface area contributed by atoms with Crippen LogP contribution in [0.3, 0.4) is 0 Å². The number of hydrogen-bond donors (Lipinski definition) is 2. The van der Waals surface area contributed by atoms with Crippen LogP contribution in [0.25, 0.3) is 0 Å². The summed E-state index contributed by atoms with van der Waals surface area (Å²) in [6.45, 7) is 1.58. The Morgan fingerprint density at radius 1 is 1.50 bits per heavy atom. The Labute approximate surface area is 118 Å². The molecule has 6 nitrogen and oxygen atoms in total. The molecule has 1 aromatic rings. The third-order valence-electron chi connectivity index (χ3n) is 4.25. The van der Waals surface area contributed by atoms with Gasteiger partial charge in [-0.2, -0.15) is 5.10 Å². The molecule has 1 aromatic heterocycles. The summed E-state index contributed by atoms with van der Waals surface area (Å²) in [5.74, 6) is -0.0910. The van der Waals surface area contributed by atoms with Crippen LogP contribution in [-0.4, -0.2) is 33.9 Å². The lowest BCUT2D eigenvalue weighted by atomic mass is 9.98. The SMILES string of the molecule is NC1(C(=O)Nc2cnn(CC3CCCO3)c2)CCCC1. The Hall–Kier alpha value is -1.40. The summed E-state index contributed by atoms with van der Waals surface area (Å²) in [6.07, 6.45) is 9.55. The Kier molecular flexibility index (Phi) is 3.76. The van der Waals surface area contributed by atoms with Gasteiger partial charge in [-0.1, -0.05) is 12.8 Å². The largest absolute Gasteiger partial charge is 0.376 e. The molecule has 3 rings (SSSR count). The van der Waals surface area contributed by atoms with Gasteiger partial charge in [0.2, 0.25) is 5.91 Å². The molecule has 6 heteroatoms. The summed E-state index contributed by atoms with van der Waals surface area (Å²) in [6, 6.07) is 0. The molecule has 2 fully saturated rings. The quantitative estimate of drug-likeness (QED) is 0.869. The summed E-state index contributed by atoms with van der Waals surface area (Å²) in [7, 11) is 0. The molecule has 2 heterocycles. The first-order valence-electron chi connectivity index (χ1n) is 7.40. The number of carbonyl (C=O) groups excluding carboxylic acids is 1. The van der Waals surface area contributed by atoms with Crippen molar-refractivity contribution in [1.82, 2.24) is 9.78 Å². The number of aromatic nitrogens is 2. The van der Waals surface area contributed by atoms with E-state index in [1.807, 2.05) is 10.9 Å². The zero-order valence-electron chi connectivity index (χ0n) is 11.7. The minimum atomic E-state index is -0.698. The molecule has 1 amide bonds. The number of carbonyl (C=O) groups is 1. The van der Waals surface area contributed by atoms with Crippen molar-refractivity contribution in [3.8, 4) is 0 Å². The molecule has 2 aliphatic rings. The van der Waals surface area contributed by atoms with Crippen LogP contribution in [-0.2, 0) is 16.1 Å². The predicted octanol–water partition coefficient (Wildman–Crippen LogP) is 1.27. The highest BCUT2D eigenvalue weighted by Gasteiger charge is 2.37. The maximum absolute atomic E-state index is 12.2. The molecule has 0 radical (unpaired) electrons. The minimum absolute atomic E-state index is 0.0910. The van der Waals surface area contributed by atoms with Crippen molar-refractivity contribution in [2.45, 2.75) is 56.7 Å². The zero-order chi connectivity index (χ0) is 14.0. The van der Waals surface area contributed by atoms with Gasteiger partial charge in [0, 0.05) is 12.8 Å². The third-order valence-corrected chi connectivity index (χ3v) is 4.25. The van der Waals surface area contributed by atoms with Crippen molar-refractivity contribution < 1.29 is 9.53 Å². The van der Waals surface area contributed by atoms with Crippen LogP contribution in [0.2, 0.25) is 0 Å². The van der Waals surface area contributed by atoms with Crippen molar-refractivity contribution in [1.29, 1.82) is 0 Å². The molecule has 1 saturated heterocycles. The van der Waals surface area contributed by atoms with E-state index >= 15 is 0 Å². The summed E-state index contributed by atoms with van der Waals surface area (Å²) in [5.41, 5.74) is 6.14. The fraction of sp³-hybridized carbons (Fsp3) is 0.714. The van der Waals surface area contributed by atoms with Crippen LogP contribution in [0, 0.1) is 0 Å². The maximum atomic E-state index is 12.2. The van der Waals surface area contributed by atoms with E-state index < -0.39 is 5.54 Å². The average molecular weight is 278 g/mol. The fourth-order valence-corrected chi connectivity index (χ4v) is 3.01. The number of rotatable bonds is 4. The molecule has 0 aromatic carbocycles. The first-order chi connectivity index (χ1) is 9.66. The van der Waals surface area contributed by atoms with Crippen LogP contribution >= 0.6 is 0 Å². The van der Waals surface area contributed by atoms with Crippen LogP contribution in [0.4, 0.5) is 5.69 Å². The van der Waals surface area contributed by atoms with Gasteiger partial charge in [0.05, 0.1) is 30.1 Å². The second-order valence-electron chi connectivity index (χ2n) is 5.90. The minimum Gasteiger partial charge on any atom is -0.376 e. The van der Waals surface area contributed by atoms with Gasteiger partial charge in [-0.15, -0.1) is 0 Å². The van der Waals surface area contributed by atoms with E-state index in [2.05, 4.69) is 10.4 Å². The standard InChI is InChI=1S/C14H22N4O2/c15-14(5-1-2-6-14)13(19)17-11-8-16-18(9-11)10-12-4-3-7-20-12/h8-9,12H,1-7,10,15H2,(H,17,19). The monoisotopic (exact) mass is 278 g/mol. The van der Waals surface area contributed by atoms with E-state index in [1.54, 1.807) is 6.20 Å². The number of nitrogens with zero attached hydrogens (tertiary/aromatic N) is 2. The van der Waals surface area contributed by atoms with Crippen molar-refractivity contribution in [2.24, 2.45) is 5.73 Å². The summed E-state index contributed by atoms with van der Waals surface area (Å²) < 4.78 is 7.40. The normalized spacial score (nSPS) is 24.9. The average Bonchev–Trinajstić information content (AvgIpc) is 3.13. The number of ether oxygens (including phenoxy) is 1. The first-order valence-corrected chi connectivity index (χ1v) is 7.40. The molecule has 0 bridgehead atoms. The van der Waals surface area contributed by atoms with Gasteiger partial charge >= 0.3 is 0 Å². The molecule has 0 spiro atoms. The highest BCUT2D eigenvalue weighted by atomic mass is 16.5. The van der Waals surface area contributed by atoms with Crippen LogP contribution in [0.5, 0.6) is 0 Å². The molecular weight excluding hydrogens is 256 g/mol. The Bertz CT molecular complexity index is 473. The number of nitrogens with one attached hydrogen (secondary N) is 1.